The van der Waals surface area contributed by atoms with E-state index in [0.717, 1.165) is 11.6 Å². The number of rotatable bonds is 3. The summed E-state index contributed by atoms with van der Waals surface area (Å²) in [5.74, 6) is 1.90. The number of aromatic nitrogens is 1. The molecule has 0 unspecified atom stereocenters. The lowest BCUT2D eigenvalue weighted by Crippen LogP contribution is -2.31. The first kappa shape index (κ1) is 10.3. The Labute approximate surface area is 91.3 Å². The summed E-state index contributed by atoms with van der Waals surface area (Å²) in [6.07, 6.45) is 5.15. The van der Waals surface area contributed by atoms with E-state index in [-0.39, 0.29) is 5.54 Å². The molecule has 1 aromatic rings. The molecule has 1 aliphatic rings. The van der Waals surface area contributed by atoms with E-state index in [1.807, 2.05) is 25.2 Å². The number of hydrogen-bond acceptors (Lipinski definition) is 3. The van der Waals surface area contributed by atoms with E-state index < -0.39 is 0 Å². The van der Waals surface area contributed by atoms with Crippen LogP contribution in [0.25, 0.3) is 0 Å². The Morgan fingerprint density at radius 2 is 1.87 bits per heavy atom. The molecule has 2 N–H and O–H groups in total. The van der Waals surface area contributed by atoms with Crippen LogP contribution in [-0.2, 0) is 0 Å². The van der Waals surface area contributed by atoms with Gasteiger partial charge in [0.2, 0.25) is 0 Å². The molecule has 3 heteroatoms. The molecule has 0 radical (unpaired) electrons. The fraction of sp³-hybridized carbons (Fsp3) is 0.583. The smallest absolute Gasteiger partial charge is 0.128 e. The molecular weight excluding hydrogens is 186 g/mol. The molecule has 1 fully saturated rings. The monoisotopic (exact) mass is 205 g/mol. The first-order chi connectivity index (χ1) is 7.22. The maximum atomic E-state index is 4.48. The molecule has 2 rings (SSSR count). The average molecular weight is 205 g/mol. The summed E-state index contributed by atoms with van der Waals surface area (Å²) < 4.78 is 0. The summed E-state index contributed by atoms with van der Waals surface area (Å²) in [7, 11) is 1.89. The molecule has 1 aromatic heterocycles. The van der Waals surface area contributed by atoms with Gasteiger partial charge in [-0.05, 0) is 31.9 Å². The fourth-order valence-electron chi connectivity index (χ4n) is 2.23. The van der Waals surface area contributed by atoms with Gasteiger partial charge in [0.15, 0.2) is 0 Å². The zero-order valence-electron chi connectivity index (χ0n) is 9.51. The van der Waals surface area contributed by atoms with Crippen LogP contribution in [0.2, 0.25) is 0 Å². The second-order valence-corrected chi connectivity index (χ2v) is 4.55. The molecule has 0 aliphatic heterocycles. The van der Waals surface area contributed by atoms with Crippen LogP contribution in [0.1, 0.15) is 32.6 Å². The molecule has 0 saturated heterocycles. The second kappa shape index (κ2) is 4.09. The minimum absolute atomic E-state index is 0.249. The third-order valence-corrected chi connectivity index (χ3v) is 3.14. The van der Waals surface area contributed by atoms with Gasteiger partial charge in [-0.25, -0.2) is 4.98 Å². The predicted octanol–water partition coefficient (Wildman–Crippen LogP) is 2.87. The molecule has 15 heavy (non-hydrogen) atoms. The Balaban J connectivity index is 2.09. The Kier molecular flexibility index (Phi) is 2.80. The Morgan fingerprint density at radius 3 is 2.53 bits per heavy atom. The van der Waals surface area contributed by atoms with Gasteiger partial charge in [-0.2, -0.15) is 0 Å². The molecule has 0 bridgehead atoms. The molecule has 82 valence electrons. The van der Waals surface area contributed by atoms with Crippen molar-refractivity contribution in [1.82, 2.24) is 4.98 Å². The van der Waals surface area contributed by atoms with Crippen molar-refractivity contribution in [2.45, 2.75) is 38.1 Å². The van der Waals surface area contributed by atoms with Crippen LogP contribution in [0.15, 0.2) is 18.2 Å². The van der Waals surface area contributed by atoms with Crippen LogP contribution in [0.5, 0.6) is 0 Å². The second-order valence-electron chi connectivity index (χ2n) is 4.55. The van der Waals surface area contributed by atoms with Crippen LogP contribution in [0.3, 0.4) is 0 Å². The summed E-state index contributed by atoms with van der Waals surface area (Å²) >= 11 is 0. The van der Waals surface area contributed by atoms with Crippen molar-refractivity contribution in [3.05, 3.63) is 18.2 Å². The van der Waals surface area contributed by atoms with Crippen molar-refractivity contribution in [2.75, 3.05) is 17.7 Å². The highest BCUT2D eigenvalue weighted by atomic mass is 15.1. The molecule has 0 aromatic carbocycles. The quantitative estimate of drug-likeness (QED) is 0.796. The molecule has 1 heterocycles. The highest BCUT2D eigenvalue weighted by molar-refractivity contribution is 5.46. The number of nitrogens with zero attached hydrogens (tertiary/aromatic N) is 1. The van der Waals surface area contributed by atoms with Crippen molar-refractivity contribution in [3.8, 4) is 0 Å². The van der Waals surface area contributed by atoms with Crippen molar-refractivity contribution >= 4 is 11.6 Å². The highest BCUT2D eigenvalue weighted by Gasteiger charge is 2.28. The minimum Gasteiger partial charge on any atom is -0.373 e. The third-order valence-electron chi connectivity index (χ3n) is 3.14. The maximum Gasteiger partial charge on any atom is 0.128 e. The molecule has 0 spiro atoms. The summed E-state index contributed by atoms with van der Waals surface area (Å²) in [4.78, 5) is 4.48. The lowest BCUT2D eigenvalue weighted by atomic mass is 10.0. The molecule has 1 saturated carbocycles. The van der Waals surface area contributed by atoms with Crippen LogP contribution < -0.4 is 10.6 Å². The summed E-state index contributed by atoms with van der Waals surface area (Å²) in [5.41, 5.74) is 0.249. The van der Waals surface area contributed by atoms with Crippen molar-refractivity contribution < 1.29 is 0 Å². The first-order valence-corrected chi connectivity index (χ1v) is 5.65. The van der Waals surface area contributed by atoms with E-state index in [0.29, 0.717) is 0 Å². The number of nitrogens with one attached hydrogen (secondary N) is 2. The van der Waals surface area contributed by atoms with Crippen LogP contribution in [0.4, 0.5) is 11.6 Å². The Hall–Kier alpha value is -1.25. The van der Waals surface area contributed by atoms with Crippen LogP contribution >= 0.6 is 0 Å². The predicted molar refractivity (Wildman–Crippen MR) is 64.3 cm³/mol. The Morgan fingerprint density at radius 1 is 1.20 bits per heavy atom. The van der Waals surface area contributed by atoms with Crippen molar-refractivity contribution in [3.63, 3.8) is 0 Å². The van der Waals surface area contributed by atoms with E-state index in [9.17, 15) is 0 Å². The molecule has 0 amide bonds. The molecular formula is C12H19N3. The van der Waals surface area contributed by atoms with E-state index in [4.69, 9.17) is 0 Å². The molecule has 3 nitrogen and oxygen atoms in total. The van der Waals surface area contributed by atoms with Crippen molar-refractivity contribution in [2.24, 2.45) is 0 Å². The van der Waals surface area contributed by atoms with E-state index in [2.05, 4.69) is 22.5 Å². The standard InChI is InChI=1S/C12H19N3/c1-12(8-3-4-9-12)15-11-7-5-6-10(13-2)14-11/h5-7H,3-4,8-9H2,1-2H3,(H2,13,14,15). The topological polar surface area (TPSA) is 37.0 Å². The fourth-order valence-corrected chi connectivity index (χ4v) is 2.23. The minimum atomic E-state index is 0.249. The first-order valence-electron chi connectivity index (χ1n) is 5.65. The van der Waals surface area contributed by atoms with Gasteiger partial charge in [0, 0.05) is 12.6 Å². The largest absolute Gasteiger partial charge is 0.373 e. The normalized spacial score (nSPS) is 18.8. The molecule has 1 aliphatic carbocycles. The summed E-state index contributed by atoms with van der Waals surface area (Å²) in [5, 5.41) is 6.59. The number of pyridine rings is 1. The lowest BCUT2D eigenvalue weighted by Gasteiger charge is -2.26. The molecule has 0 atom stereocenters. The van der Waals surface area contributed by atoms with Gasteiger partial charge in [-0.15, -0.1) is 0 Å². The average Bonchev–Trinajstić information content (AvgIpc) is 2.65. The van der Waals surface area contributed by atoms with Crippen LogP contribution in [0, 0.1) is 0 Å². The van der Waals surface area contributed by atoms with Gasteiger partial charge in [0.25, 0.3) is 0 Å². The highest BCUT2D eigenvalue weighted by Crippen LogP contribution is 2.32. The van der Waals surface area contributed by atoms with Gasteiger partial charge >= 0.3 is 0 Å². The number of hydrogen-bond donors (Lipinski definition) is 2. The zero-order valence-corrected chi connectivity index (χ0v) is 9.51. The van der Waals surface area contributed by atoms with Gasteiger partial charge in [-0.3, -0.25) is 0 Å². The number of anilines is 2. The van der Waals surface area contributed by atoms with E-state index in [1.165, 1.54) is 25.7 Å². The summed E-state index contributed by atoms with van der Waals surface area (Å²) in [6, 6.07) is 6.03. The maximum absolute atomic E-state index is 4.48. The lowest BCUT2D eigenvalue weighted by molar-refractivity contribution is 0.531. The Bertz CT molecular complexity index is 329. The van der Waals surface area contributed by atoms with Gasteiger partial charge in [0.1, 0.15) is 11.6 Å². The zero-order chi connectivity index (χ0) is 10.7. The van der Waals surface area contributed by atoms with Crippen molar-refractivity contribution in [1.29, 1.82) is 0 Å². The van der Waals surface area contributed by atoms with Gasteiger partial charge in [-0.1, -0.05) is 18.9 Å². The van der Waals surface area contributed by atoms with Gasteiger partial charge < -0.3 is 10.6 Å². The summed E-state index contributed by atoms with van der Waals surface area (Å²) in [6.45, 7) is 2.29. The third kappa shape index (κ3) is 2.41. The van der Waals surface area contributed by atoms with Crippen LogP contribution in [-0.4, -0.2) is 17.6 Å². The van der Waals surface area contributed by atoms with E-state index >= 15 is 0 Å². The van der Waals surface area contributed by atoms with Gasteiger partial charge in [0.05, 0.1) is 0 Å². The SMILES string of the molecule is CNc1cccc(NC2(C)CCCC2)n1. The van der Waals surface area contributed by atoms with E-state index in [1.54, 1.807) is 0 Å².